The molecule has 7 nitrogen and oxygen atoms in total. The largest absolute Gasteiger partial charge is 0.457 e. The summed E-state index contributed by atoms with van der Waals surface area (Å²) in [6.07, 6.45) is 1.67. The zero-order chi connectivity index (χ0) is 21.3. The topological polar surface area (TPSA) is 84.9 Å². The standard InChI is InChI=1S/C21H17FN2O5S/c1-24-14(11-28-21(24)27)8-12-2-5-15(6-3-12)29-16-7-4-13(17(22)10-16)9-18-19(25)23-20(26)30-18/h2-7,9-10,14H,8,11H2,1H3,(H,23,25,26). The van der Waals surface area contributed by atoms with Crippen LogP contribution in [0.25, 0.3) is 6.08 Å². The van der Waals surface area contributed by atoms with Crippen LogP contribution >= 0.6 is 11.8 Å². The molecule has 2 heterocycles. The lowest BCUT2D eigenvalue weighted by Gasteiger charge is -2.16. The third kappa shape index (κ3) is 4.30. The molecule has 0 aliphatic carbocycles. The van der Waals surface area contributed by atoms with E-state index < -0.39 is 17.0 Å². The summed E-state index contributed by atoms with van der Waals surface area (Å²) in [7, 11) is 1.71. The molecule has 0 saturated carbocycles. The fourth-order valence-electron chi connectivity index (χ4n) is 3.08. The first-order valence-electron chi connectivity index (χ1n) is 9.10. The van der Waals surface area contributed by atoms with Crippen molar-refractivity contribution in [1.29, 1.82) is 0 Å². The van der Waals surface area contributed by atoms with Gasteiger partial charge in [0.05, 0.1) is 10.9 Å². The quantitative estimate of drug-likeness (QED) is 0.727. The molecule has 2 aliphatic heterocycles. The first kappa shape index (κ1) is 20.0. The second-order valence-corrected chi connectivity index (χ2v) is 7.84. The monoisotopic (exact) mass is 428 g/mol. The lowest BCUT2D eigenvalue weighted by molar-refractivity contribution is -0.115. The van der Waals surface area contributed by atoms with E-state index in [0.29, 0.717) is 24.5 Å². The molecule has 30 heavy (non-hydrogen) atoms. The summed E-state index contributed by atoms with van der Waals surface area (Å²) in [5, 5.41) is 1.65. The third-order valence-electron chi connectivity index (χ3n) is 4.77. The molecule has 0 spiro atoms. The fraction of sp³-hybridized carbons (Fsp3) is 0.190. The van der Waals surface area contributed by atoms with Crippen molar-refractivity contribution in [3.05, 3.63) is 64.3 Å². The van der Waals surface area contributed by atoms with E-state index >= 15 is 0 Å². The number of nitrogens with one attached hydrogen (secondary N) is 1. The van der Waals surface area contributed by atoms with Crippen LogP contribution in [0.15, 0.2) is 47.4 Å². The number of thioether (sulfide) groups is 1. The number of carbonyl (C=O) groups excluding carboxylic acids is 3. The van der Waals surface area contributed by atoms with Crippen LogP contribution in [0, 0.1) is 5.82 Å². The van der Waals surface area contributed by atoms with E-state index in [1.165, 1.54) is 18.2 Å². The van der Waals surface area contributed by atoms with E-state index in [9.17, 15) is 18.8 Å². The minimum atomic E-state index is -0.571. The van der Waals surface area contributed by atoms with Gasteiger partial charge < -0.3 is 14.4 Å². The van der Waals surface area contributed by atoms with Gasteiger partial charge in [-0.1, -0.05) is 12.1 Å². The van der Waals surface area contributed by atoms with E-state index in [-0.39, 0.29) is 22.6 Å². The molecule has 154 valence electrons. The second kappa shape index (κ2) is 8.19. The molecule has 4 rings (SSSR count). The number of cyclic esters (lactones) is 1. The number of hydrogen-bond acceptors (Lipinski definition) is 6. The summed E-state index contributed by atoms with van der Waals surface area (Å²) in [4.78, 5) is 35.9. The molecule has 2 aliphatic rings. The van der Waals surface area contributed by atoms with Gasteiger partial charge in [0.2, 0.25) is 0 Å². The van der Waals surface area contributed by atoms with Gasteiger partial charge in [0.25, 0.3) is 11.1 Å². The number of halogens is 1. The molecule has 1 atom stereocenters. The minimum Gasteiger partial charge on any atom is -0.457 e. The first-order valence-corrected chi connectivity index (χ1v) is 9.91. The van der Waals surface area contributed by atoms with E-state index in [2.05, 4.69) is 5.32 Å². The van der Waals surface area contributed by atoms with E-state index in [1.807, 2.05) is 12.1 Å². The highest BCUT2D eigenvalue weighted by atomic mass is 32.2. The van der Waals surface area contributed by atoms with Crippen LogP contribution in [-0.2, 0) is 16.0 Å². The maximum absolute atomic E-state index is 14.4. The highest BCUT2D eigenvalue weighted by Gasteiger charge is 2.29. The number of benzene rings is 2. The van der Waals surface area contributed by atoms with Crippen molar-refractivity contribution in [1.82, 2.24) is 10.2 Å². The maximum Gasteiger partial charge on any atom is 0.409 e. The first-order chi connectivity index (χ1) is 14.4. The Morgan fingerprint density at radius 2 is 1.93 bits per heavy atom. The van der Waals surface area contributed by atoms with Crippen molar-refractivity contribution in [3.8, 4) is 11.5 Å². The van der Waals surface area contributed by atoms with Crippen LogP contribution in [0.2, 0.25) is 0 Å². The van der Waals surface area contributed by atoms with Gasteiger partial charge in [-0.05, 0) is 54.1 Å². The van der Waals surface area contributed by atoms with Crippen LogP contribution in [0.1, 0.15) is 11.1 Å². The van der Waals surface area contributed by atoms with Crippen LogP contribution in [0.5, 0.6) is 11.5 Å². The van der Waals surface area contributed by atoms with Crippen molar-refractivity contribution in [3.63, 3.8) is 0 Å². The summed E-state index contributed by atoms with van der Waals surface area (Å²) in [5.41, 5.74) is 1.20. The summed E-state index contributed by atoms with van der Waals surface area (Å²) in [6.45, 7) is 0.365. The number of likely N-dealkylation sites (N-methyl/N-ethyl adjacent to an activating group) is 1. The highest BCUT2D eigenvalue weighted by molar-refractivity contribution is 8.18. The zero-order valence-electron chi connectivity index (χ0n) is 15.9. The molecule has 1 unspecified atom stereocenters. The van der Waals surface area contributed by atoms with E-state index in [0.717, 1.165) is 17.3 Å². The highest BCUT2D eigenvalue weighted by Crippen LogP contribution is 2.29. The SMILES string of the molecule is CN1C(=O)OCC1Cc1ccc(Oc2ccc(C=C3SC(=O)NC3=O)c(F)c2)cc1. The Balaban J connectivity index is 1.41. The number of imide groups is 1. The van der Waals surface area contributed by atoms with Crippen LogP contribution in [0.4, 0.5) is 14.0 Å². The third-order valence-corrected chi connectivity index (χ3v) is 5.58. The van der Waals surface area contributed by atoms with Crippen LogP contribution in [-0.4, -0.2) is 41.8 Å². The number of nitrogens with zero attached hydrogens (tertiary/aromatic N) is 1. The molecule has 2 aromatic rings. The molecule has 0 radical (unpaired) electrons. The average Bonchev–Trinajstić information content (AvgIpc) is 3.20. The molecular weight excluding hydrogens is 411 g/mol. The normalized spacial score (nSPS) is 19.9. The van der Waals surface area contributed by atoms with Gasteiger partial charge in [-0.2, -0.15) is 0 Å². The molecule has 2 saturated heterocycles. The molecule has 0 aromatic heterocycles. The number of ether oxygens (including phenoxy) is 2. The molecule has 1 N–H and O–H groups in total. The van der Waals surface area contributed by atoms with Crippen LogP contribution in [0.3, 0.4) is 0 Å². The fourth-order valence-corrected chi connectivity index (χ4v) is 3.75. The van der Waals surface area contributed by atoms with Gasteiger partial charge in [-0.3, -0.25) is 14.9 Å². The Kier molecular flexibility index (Phi) is 5.45. The van der Waals surface area contributed by atoms with Gasteiger partial charge in [0.1, 0.15) is 23.9 Å². The minimum absolute atomic E-state index is 0.00423. The Morgan fingerprint density at radius 1 is 1.20 bits per heavy atom. The van der Waals surface area contributed by atoms with Crippen molar-refractivity contribution in [2.24, 2.45) is 0 Å². The van der Waals surface area contributed by atoms with E-state index in [4.69, 9.17) is 9.47 Å². The summed E-state index contributed by atoms with van der Waals surface area (Å²) >= 11 is 0.731. The molecule has 3 amide bonds. The molecule has 2 fully saturated rings. The van der Waals surface area contributed by atoms with Crippen molar-refractivity contribution in [2.75, 3.05) is 13.7 Å². The smallest absolute Gasteiger partial charge is 0.409 e. The Labute approximate surface area is 175 Å². The van der Waals surface area contributed by atoms with Crippen molar-refractivity contribution < 1.29 is 28.2 Å². The molecule has 9 heteroatoms. The Hall–Kier alpha value is -3.33. The summed E-state index contributed by atoms with van der Waals surface area (Å²) in [5.74, 6) is -0.271. The van der Waals surface area contributed by atoms with Gasteiger partial charge in [0, 0.05) is 18.7 Å². The predicted octanol–water partition coefficient (Wildman–Crippen LogP) is 3.94. The summed E-state index contributed by atoms with van der Waals surface area (Å²) < 4.78 is 25.1. The summed E-state index contributed by atoms with van der Waals surface area (Å²) in [6, 6.07) is 11.6. The van der Waals surface area contributed by atoms with Gasteiger partial charge in [0.15, 0.2) is 0 Å². The number of hydrogen-bond donors (Lipinski definition) is 1. The lowest BCUT2D eigenvalue weighted by atomic mass is 10.1. The molecule has 2 aromatic carbocycles. The number of carbonyl (C=O) groups is 3. The predicted molar refractivity (Wildman–Crippen MR) is 109 cm³/mol. The Bertz CT molecular complexity index is 1050. The van der Waals surface area contributed by atoms with Gasteiger partial charge in [-0.15, -0.1) is 0 Å². The Morgan fingerprint density at radius 3 is 2.53 bits per heavy atom. The number of amides is 3. The van der Waals surface area contributed by atoms with Crippen molar-refractivity contribution >= 4 is 35.1 Å². The lowest BCUT2D eigenvalue weighted by Crippen LogP contribution is -2.30. The van der Waals surface area contributed by atoms with Crippen LogP contribution < -0.4 is 10.1 Å². The second-order valence-electron chi connectivity index (χ2n) is 6.83. The van der Waals surface area contributed by atoms with Gasteiger partial charge >= 0.3 is 6.09 Å². The van der Waals surface area contributed by atoms with E-state index in [1.54, 1.807) is 30.1 Å². The molecule has 0 bridgehead atoms. The van der Waals surface area contributed by atoms with Gasteiger partial charge in [-0.25, -0.2) is 9.18 Å². The van der Waals surface area contributed by atoms with Crippen molar-refractivity contribution in [2.45, 2.75) is 12.5 Å². The molecular formula is C21H17FN2O5S. The number of rotatable bonds is 5. The average molecular weight is 428 g/mol. The zero-order valence-corrected chi connectivity index (χ0v) is 16.7. The maximum atomic E-state index is 14.4.